The summed E-state index contributed by atoms with van der Waals surface area (Å²) in [5.41, 5.74) is -0.564. The van der Waals surface area contributed by atoms with E-state index >= 15 is 0 Å². The number of nitrogens with zero attached hydrogens (tertiary/aromatic N) is 2. The molecule has 33 heavy (non-hydrogen) atoms. The molecule has 1 amide bonds. The van der Waals surface area contributed by atoms with Gasteiger partial charge in [0.1, 0.15) is 28.8 Å². The lowest BCUT2D eigenvalue weighted by Gasteiger charge is -2.37. The quantitative estimate of drug-likeness (QED) is 0.595. The molecule has 2 aromatic heterocycles. The van der Waals surface area contributed by atoms with Gasteiger partial charge in [-0.3, -0.25) is 9.78 Å². The van der Waals surface area contributed by atoms with E-state index in [1.807, 2.05) is 13.8 Å². The van der Waals surface area contributed by atoms with Crippen molar-refractivity contribution in [2.75, 3.05) is 5.32 Å². The topological polar surface area (TPSA) is 84.3 Å². The number of carbonyl (C=O) groups is 1. The van der Waals surface area contributed by atoms with Crippen LogP contribution in [0.15, 0.2) is 48.8 Å². The number of carbonyl (C=O) groups excluding carboxylic acids is 1. The van der Waals surface area contributed by atoms with E-state index in [-0.39, 0.29) is 17.7 Å². The van der Waals surface area contributed by atoms with Gasteiger partial charge >= 0.3 is 0 Å². The fourth-order valence-electron chi connectivity index (χ4n) is 3.83. The third-order valence-corrected chi connectivity index (χ3v) is 5.91. The highest BCUT2D eigenvalue weighted by molar-refractivity contribution is 6.03. The number of aliphatic hydroxyl groups is 1. The highest BCUT2D eigenvalue weighted by atomic mass is 19.1. The Labute approximate surface area is 188 Å². The van der Waals surface area contributed by atoms with Crippen LogP contribution in [0.3, 0.4) is 0 Å². The molecule has 4 rings (SSSR count). The molecule has 1 fully saturated rings. The SMILES string of the molecule is C[C@H]1[C@H](O)C[C@H](c2ccncc2NC(=O)c2ccc(F)c(-c3c(F)cccc3F)n2)O[C@@H]1C. The molecule has 1 saturated heterocycles. The largest absolute Gasteiger partial charge is 0.393 e. The monoisotopic (exact) mass is 457 g/mol. The van der Waals surface area contributed by atoms with Crippen molar-refractivity contribution >= 4 is 11.6 Å². The first-order chi connectivity index (χ1) is 15.8. The van der Waals surface area contributed by atoms with Crippen molar-refractivity contribution < 1.29 is 27.8 Å². The lowest BCUT2D eigenvalue weighted by molar-refractivity contribution is -0.124. The second kappa shape index (κ2) is 9.29. The minimum absolute atomic E-state index is 0.0401. The summed E-state index contributed by atoms with van der Waals surface area (Å²) in [7, 11) is 0. The Morgan fingerprint density at radius 2 is 1.82 bits per heavy atom. The molecule has 9 heteroatoms. The zero-order valence-corrected chi connectivity index (χ0v) is 17.9. The van der Waals surface area contributed by atoms with Crippen molar-refractivity contribution in [2.24, 2.45) is 5.92 Å². The van der Waals surface area contributed by atoms with Crippen molar-refractivity contribution in [3.63, 3.8) is 0 Å². The van der Waals surface area contributed by atoms with Crippen LogP contribution in [0, 0.1) is 23.4 Å². The second-order valence-corrected chi connectivity index (χ2v) is 8.03. The van der Waals surface area contributed by atoms with Gasteiger partial charge in [0, 0.05) is 24.1 Å². The van der Waals surface area contributed by atoms with E-state index in [4.69, 9.17) is 4.74 Å². The fraction of sp³-hybridized carbons (Fsp3) is 0.292. The molecule has 6 nitrogen and oxygen atoms in total. The van der Waals surface area contributed by atoms with Crippen LogP contribution in [0.4, 0.5) is 18.9 Å². The summed E-state index contributed by atoms with van der Waals surface area (Å²) in [6, 6.07) is 6.83. The summed E-state index contributed by atoms with van der Waals surface area (Å²) < 4.78 is 48.7. The Balaban J connectivity index is 1.63. The maximum Gasteiger partial charge on any atom is 0.274 e. The van der Waals surface area contributed by atoms with Crippen LogP contribution in [0.2, 0.25) is 0 Å². The van der Waals surface area contributed by atoms with E-state index < -0.39 is 46.8 Å². The maximum atomic E-state index is 14.3. The number of aromatic nitrogens is 2. The molecule has 1 aliphatic rings. The lowest BCUT2D eigenvalue weighted by Crippen LogP contribution is -2.38. The minimum atomic E-state index is -0.996. The summed E-state index contributed by atoms with van der Waals surface area (Å²) in [6.45, 7) is 3.77. The zero-order chi connectivity index (χ0) is 23.7. The highest BCUT2D eigenvalue weighted by Crippen LogP contribution is 2.37. The molecule has 0 bridgehead atoms. The average molecular weight is 457 g/mol. The van der Waals surface area contributed by atoms with E-state index in [0.29, 0.717) is 17.7 Å². The van der Waals surface area contributed by atoms with Crippen LogP contribution in [-0.2, 0) is 4.74 Å². The van der Waals surface area contributed by atoms with Crippen LogP contribution in [0.1, 0.15) is 42.4 Å². The number of aliphatic hydroxyl groups excluding tert-OH is 1. The zero-order valence-electron chi connectivity index (χ0n) is 17.9. The van der Waals surface area contributed by atoms with Gasteiger partial charge < -0.3 is 15.2 Å². The number of halogens is 3. The summed E-state index contributed by atoms with van der Waals surface area (Å²) in [5.74, 6) is -3.72. The van der Waals surface area contributed by atoms with Gasteiger partial charge in [0.05, 0.1) is 35.8 Å². The number of rotatable bonds is 4. The van der Waals surface area contributed by atoms with Gasteiger partial charge in [-0.05, 0) is 37.3 Å². The Morgan fingerprint density at radius 1 is 1.09 bits per heavy atom. The molecular formula is C24H22F3N3O3. The predicted molar refractivity (Wildman–Crippen MR) is 115 cm³/mol. The summed E-state index contributed by atoms with van der Waals surface area (Å²) in [6.07, 6.45) is 2.04. The molecule has 0 spiro atoms. The van der Waals surface area contributed by atoms with Crippen molar-refractivity contribution in [1.82, 2.24) is 9.97 Å². The first-order valence-corrected chi connectivity index (χ1v) is 10.5. The third-order valence-electron chi connectivity index (χ3n) is 5.91. The Bertz CT molecular complexity index is 1160. The van der Waals surface area contributed by atoms with Crippen LogP contribution < -0.4 is 5.32 Å². The molecule has 0 aliphatic carbocycles. The van der Waals surface area contributed by atoms with Gasteiger partial charge in [0.25, 0.3) is 5.91 Å². The van der Waals surface area contributed by atoms with Crippen molar-refractivity contribution in [3.8, 4) is 11.3 Å². The van der Waals surface area contributed by atoms with Crippen molar-refractivity contribution in [2.45, 2.75) is 38.6 Å². The van der Waals surface area contributed by atoms with Crippen LogP contribution in [0.5, 0.6) is 0 Å². The van der Waals surface area contributed by atoms with Gasteiger partial charge in [-0.25, -0.2) is 18.2 Å². The molecule has 2 N–H and O–H groups in total. The van der Waals surface area contributed by atoms with E-state index in [2.05, 4.69) is 15.3 Å². The number of pyridine rings is 2. The van der Waals surface area contributed by atoms with E-state index in [1.165, 1.54) is 6.20 Å². The van der Waals surface area contributed by atoms with E-state index in [0.717, 1.165) is 30.3 Å². The Hall–Kier alpha value is -3.30. The number of hydrogen-bond donors (Lipinski definition) is 2. The Kier molecular flexibility index (Phi) is 6.44. The number of anilines is 1. The number of nitrogens with one attached hydrogen (secondary N) is 1. The van der Waals surface area contributed by atoms with Crippen LogP contribution in [0.25, 0.3) is 11.3 Å². The number of ether oxygens (including phenoxy) is 1. The van der Waals surface area contributed by atoms with Gasteiger partial charge in [-0.2, -0.15) is 0 Å². The third kappa shape index (κ3) is 4.60. The first-order valence-electron chi connectivity index (χ1n) is 10.5. The standard InChI is InChI=1S/C24H22F3N3O3/c1-12-13(2)33-21(10-20(12)31)14-8-9-28-11-19(14)30-24(32)18-7-6-17(27)23(29-18)22-15(25)4-3-5-16(22)26/h3-9,11-13,20-21,31H,10H2,1-2H3,(H,30,32)/t12-,13-,20-,21-/m1/s1. The summed E-state index contributed by atoms with van der Waals surface area (Å²) in [5, 5.41) is 13.0. The predicted octanol–water partition coefficient (Wildman–Crippen LogP) is 4.66. The first kappa shape index (κ1) is 22.9. The molecule has 0 radical (unpaired) electrons. The lowest BCUT2D eigenvalue weighted by atomic mass is 9.88. The number of hydrogen-bond acceptors (Lipinski definition) is 5. The van der Waals surface area contributed by atoms with Crippen molar-refractivity contribution in [1.29, 1.82) is 0 Å². The number of benzene rings is 1. The van der Waals surface area contributed by atoms with Crippen LogP contribution in [-0.4, -0.2) is 33.2 Å². The molecular weight excluding hydrogens is 435 g/mol. The molecule has 172 valence electrons. The highest BCUT2D eigenvalue weighted by Gasteiger charge is 2.34. The normalized spacial score (nSPS) is 22.7. The van der Waals surface area contributed by atoms with Gasteiger partial charge in [0.2, 0.25) is 0 Å². The second-order valence-electron chi connectivity index (χ2n) is 8.03. The summed E-state index contributed by atoms with van der Waals surface area (Å²) in [4.78, 5) is 20.8. The smallest absolute Gasteiger partial charge is 0.274 e. The van der Waals surface area contributed by atoms with Gasteiger partial charge in [0.15, 0.2) is 0 Å². The van der Waals surface area contributed by atoms with Crippen LogP contribution >= 0.6 is 0 Å². The molecule has 0 saturated carbocycles. The van der Waals surface area contributed by atoms with Gasteiger partial charge in [-0.15, -0.1) is 0 Å². The maximum absolute atomic E-state index is 14.3. The summed E-state index contributed by atoms with van der Waals surface area (Å²) >= 11 is 0. The van der Waals surface area contributed by atoms with Crippen molar-refractivity contribution in [3.05, 3.63) is 77.5 Å². The number of amides is 1. The fourth-order valence-corrected chi connectivity index (χ4v) is 3.83. The minimum Gasteiger partial charge on any atom is -0.393 e. The molecule has 1 aliphatic heterocycles. The van der Waals surface area contributed by atoms with Gasteiger partial charge in [-0.1, -0.05) is 13.0 Å². The average Bonchev–Trinajstić information content (AvgIpc) is 2.78. The molecule has 3 aromatic rings. The van der Waals surface area contributed by atoms with E-state index in [9.17, 15) is 23.1 Å². The van der Waals surface area contributed by atoms with E-state index in [1.54, 1.807) is 12.3 Å². The molecule has 3 heterocycles. The Morgan fingerprint density at radius 3 is 2.52 bits per heavy atom. The molecule has 4 atom stereocenters. The molecule has 1 aromatic carbocycles. The molecule has 0 unspecified atom stereocenters.